The zero-order chi connectivity index (χ0) is 9.73. The van der Waals surface area contributed by atoms with Gasteiger partial charge in [0.25, 0.3) is 0 Å². The Morgan fingerprint density at radius 2 is 1.85 bits per heavy atom. The monoisotopic (exact) mass is 183 g/mol. The first kappa shape index (κ1) is 11.0. The summed E-state index contributed by atoms with van der Waals surface area (Å²) < 4.78 is 0. The molecule has 0 amide bonds. The first-order valence-electron chi connectivity index (χ1n) is 5.79. The van der Waals surface area contributed by atoms with E-state index < -0.39 is 0 Å². The fraction of sp³-hybridized carbons (Fsp3) is 1.00. The molecule has 0 bridgehead atoms. The van der Waals surface area contributed by atoms with Crippen molar-refractivity contribution in [1.29, 1.82) is 0 Å². The van der Waals surface area contributed by atoms with Gasteiger partial charge in [-0.05, 0) is 30.8 Å². The van der Waals surface area contributed by atoms with E-state index in [4.69, 9.17) is 0 Å². The minimum Gasteiger partial charge on any atom is -0.316 e. The zero-order valence-corrected chi connectivity index (χ0v) is 9.53. The van der Waals surface area contributed by atoms with Gasteiger partial charge in [-0.3, -0.25) is 0 Å². The second-order valence-corrected chi connectivity index (χ2v) is 5.68. The molecule has 0 aromatic heterocycles. The van der Waals surface area contributed by atoms with Gasteiger partial charge >= 0.3 is 0 Å². The summed E-state index contributed by atoms with van der Waals surface area (Å²) in [5, 5.41) is 3.52. The molecule has 78 valence electrons. The van der Waals surface area contributed by atoms with Crippen LogP contribution in [0.5, 0.6) is 0 Å². The van der Waals surface area contributed by atoms with Gasteiger partial charge in [0.1, 0.15) is 0 Å². The molecule has 0 saturated heterocycles. The lowest BCUT2D eigenvalue weighted by molar-refractivity contribution is 0.377. The van der Waals surface area contributed by atoms with E-state index >= 15 is 0 Å². The highest BCUT2D eigenvalue weighted by molar-refractivity contribution is 4.72. The van der Waals surface area contributed by atoms with Crippen molar-refractivity contribution < 1.29 is 0 Å². The molecule has 0 unspecified atom stereocenters. The largest absolute Gasteiger partial charge is 0.316 e. The molecule has 0 aliphatic heterocycles. The molecule has 0 aromatic carbocycles. The van der Waals surface area contributed by atoms with Crippen molar-refractivity contribution in [3.05, 3.63) is 0 Å². The van der Waals surface area contributed by atoms with Crippen LogP contribution in [0.1, 0.15) is 52.9 Å². The topological polar surface area (TPSA) is 12.0 Å². The van der Waals surface area contributed by atoms with Crippen LogP contribution in [-0.4, -0.2) is 13.1 Å². The second-order valence-electron chi connectivity index (χ2n) is 5.68. The molecule has 1 aliphatic carbocycles. The Bertz CT molecular complexity index is 131. The molecule has 1 N–H and O–H groups in total. The van der Waals surface area contributed by atoms with Crippen molar-refractivity contribution >= 4 is 0 Å². The maximum atomic E-state index is 3.52. The van der Waals surface area contributed by atoms with Crippen LogP contribution in [0.3, 0.4) is 0 Å². The molecule has 0 spiro atoms. The molecular formula is C12H25N. The predicted octanol–water partition coefficient (Wildman–Crippen LogP) is 3.20. The van der Waals surface area contributed by atoms with Gasteiger partial charge in [0.2, 0.25) is 0 Å². The number of nitrogens with one attached hydrogen (secondary N) is 1. The Morgan fingerprint density at radius 1 is 1.15 bits per heavy atom. The Labute approximate surface area is 83.3 Å². The molecule has 13 heavy (non-hydrogen) atoms. The van der Waals surface area contributed by atoms with Gasteiger partial charge in [-0.15, -0.1) is 0 Å². The summed E-state index contributed by atoms with van der Waals surface area (Å²) in [7, 11) is 0. The van der Waals surface area contributed by atoms with Crippen LogP contribution >= 0.6 is 0 Å². The smallest absolute Gasteiger partial charge is 0.0000126 e. The maximum absolute atomic E-state index is 3.52. The van der Waals surface area contributed by atoms with Gasteiger partial charge < -0.3 is 5.32 Å². The van der Waals surface area contributed by atoms with Gasteiger partial charge in [0, 0.05) is 0 Å². The highest BCUT2D eigenvalue weighted by atomic mass is 14.9. The highest BCUT2D eigenvalue weighted by Crippen LogP contribution is 2.33. The lowest BCUT2D eigenvalue weighted by Gasteiger charge is -2.18. The molecule has 1 aliphatic rings. The molecule has 1 heteroatoms. The summed E-state index contributed by atoms with van der Waals surface area (Å²) in [6.45, 7) is 9.21. The number of unbranched alkanes of at least 4 members (excludes halogenated alkanes) is 1. The van der Waals surface area contributed by atoms with Crippen LogP contribution in [0.15, 0.2) is 0 Å². The SMILES string of the molecule is CC(C)(C)CNCCCCC1CC1. The molecule has 0 radical (unpaired) electrons. The summed E-state index contributed by atoms with van der Waals surface area (Å²) in [6.07, 6.45) is 7.30. The van der Waals surface area contributed by atoms with Crippen molar-refractivity contribution in [2.24, 2.45) is 11.3 Å². The van der Waals surface area contributed by atoms with E-state index in [1.807, 2.05) is 0 Å². The molecule has 1 saturated carbocycles. The van der Waals surface area contributed by atoms with Crippen LogP contribution in [0.25, 0.3) is 0 Å². The average molecular weight is 183 g/mol. The van der Waals surface area contributed by atoms with Crippen LogP contribution < -0.4 is 5.32 Å². The lowest BCUT2D eigenvalue weighted by Crippen LogP contribution is -2.27. The first-order valence-corrected chi connectivity index (χ1v) is 5.79. The Kier molecular flexibility index (Phi) is 4.24. The van der Waals surface area contributed by atoms with Gasteiger partial charge in [0.15, 0.2) is 0 Å². The summed E-state index contributed by atoms with van der Waals surface area (Å²) in [5.41, 5.74) is 0.441. The van der Waals surface area contributed by atoms with Crippen molar-refractivity contribution in [2.45, 2.75) is 52.9 Å². The first-order chi connectivity index (χ1) is 6.08. The fourth-order valence-corrected chi connectivity index (χ4v) is 1.55. The second kappa shape index (κ2) is 4.99. The van der Waals surface area contributed by atoms with Crippen molar-refractivity contribution in [1.82, 2.24) is 5.32 Å². The van der Waals surface area contributed by atoms with Crippen molar-refractivity contribution in [2.75, 3.05) is 13.1 Å². The minimum absolute atomic E-state index is 0.441. The van der Waals surface area contributed by atoms with Gasteiger partial charge in [-0.1, -0.05) is 46.5 Å². The molecule has 1 nitrogen and oxygen atoms in total. The summed E-state index contributed by atoms with van der Waals surface area (Å²) in [6, 6.07) is 0. The molecule has 1 rings (SSSR count). The number of hydrogen-bond donors (Lipinski definition) is 1. The minimum atomic E-state index is 0.441. The third kappa shape index (κ3) is 7.06. The summed E-state index contributed by atoms with van der Waals surface area (Å²) >= 11 is 0. The molecular weight excluding hydrogens is 158 g/mol. The Hall–Kier alpha value is -0.0400. The van der Waals surface area contributed by atoms with E-state index in [2.05, 4.69) is 26.1 Å². The van der Waals surface area contributed by atoms with Crippen LogP contribution in [0.4, 0.5) is 0 Å². The molecule has 0 aromatic rings. The third-order valence-corrected chi connectivity index (χ3v) is 2.57. The average Bonchev–Trinajstić information content (AvgIpc) is 2.77. The van der Waals surface area contributed by atoms with E-state index in [9.17, 15) is 0 Å². The van der Waals surface area contributed by atoms with Crippen molar-refractivity contribution in [3.63, 3.8) is 0 Å². The molecule has 0 atom stereocenters. The van der Waals surface area contributed by atoms with Gasteiger partial charge in [0.05, 0.1) is 0 Å². The van der Waals surface area contributed by atoms with Crippen molar-refractivity contribution in [3.8, 4) is 0 Å². The van der Waals surface area contributed by atoms with Crippen LogP contribution in [0.2, 0.25) is 0 Å². The van der Waals surface area contributed by atoms with Gasteiger partial charge in [-0.2, -0.15) is 0 Å². The quantitative estimate of drug-likeness (QED) is 0.624. The summed E-state index contributed by atoms with van der Waals surface area (Å²) in [5.74, 6) is 1.11. The Morgan fingerprint density at radius 3 is 2.38 bits per heavy atom. The van der Waals surface area contributed by atoms with E-state index in [1.54, 1.807) is 0 Å². The van der Waals surface area contributed by atoms with Gasteiger partial charge in [-0.25, -0.2) is 0 Å². The molecule has 1 fully saturated rings. The standard InChI is InChI=1S/C12H25N/c1-12(2,3)10-13-9-5-4-6-11-7-8-11/h11,13H,4-10H2,1-3H3. The Balaban J connectivity index is 1.78. The van der Waals surface area contributed by atoms with E-state index in [-0.39, 0.29) is 0 Å². The van der Waals surface area contributed by atoms with Crippen LogP contribution in [0, 0.1) is 11.3 Å². The van der Waals surface area contributed by atoms with E-state index in [0.29, 0.717) is 5.41 Å². The fourth-order valence-electron chi connectivity index (χ4n) is 1.55. The number of rotatable bonds is 6. The van der Waals surface area contributed by atoms with E-state index in [0.717, 1.165) is 12.5 Å². The number of hydrogen-bond acceptors (Lipinski definition) is 1. The predicted molar refractivity (Wildman–Crippen MR) is 58.9 cm³/mol. The van der Waals surface area contributed by atoms with Crippen LogP contribution in [-0.2, 0) is 0 Å². The normalized spacial score (nSPS) is 17.8. The lowest BCUT2D eigenvalue weighted by atomic mass is 9.97. The molecule has 0 heterocycles. The highest BCUT2D eigenvalue weighted by Gasteiger charge is 2.19. The van der Waals surface area contributed by atoms with E-state index in [1.165, 1.54) is 38.6 Å². The summed E-state index contributed by atoms with van der Waals surface area (Å²) in [4.78, 5) is 0. The zero-order valence-electron chi connectivity index (χ0n) is 9.53. The maximum Gasteiger partial charge on any atom is -0.0000126 e. The third-order valence-electron chi connectivity index (χ3n) is 2.57.